The van der Waals surface area contributed by atoms with Crippen LogP contribution < -0.4 is 4.74 Å². The molecule has 0 saturated carbocycles. The summed E-state index contributed by atoms with van der Waals surface area (Å²) in [6.07, 6.45) is 0. The topological polar surface area (TPSA) is 9.23 Å². The van der Waals surface area contributed by atoms with E-state index in [0.717, 1.165) is 14.2 Å². The quantitative estimate of drug-likeness (QED) is 0.568. The van der Waals surface area contributed by atoms with E-state index in [4.69, 9.17) is 0 Å². The number of hydrogen-bond donors (Lipinski definition) is 0. The highest BCUT2D eigenvalue weighted by Gasteiger charge is 2.19. The molecule has 0 aliphatic carbocycles. The van der Waals surface area contributed by atoms with Crippen LogP contribution in [0.3, 0.4) is 0 Å². The van der Waals surface area contributed by atoms with Crippen molar-refractivity contribution in [2.75, 3.05) is 0 Å². The zero-order valence-corrected chi connectivity index (χ0v) is 13.9. The van der Waals surface area contributed by atoms with Crippen LogP contribution in [0.15, 0.2) is 34.1 Å². The van der Waals surface area contributed by atoms with E-state index in [1.807, 2.05) is 13.0 Å². The first-order chi connectivity index (χ1) is 8.99. The minimum atomic E-state index is -2.82. The van der Waals surface area contributed by atoms with Gasteiger partial charge in [-0.3, -0.25) is 0 Å². The molecule has 0 spiro atoms. The molecule has 1 unspecified atom stereocenters. The van der Waals surface area contributed by atoms with E-state index in [9.17, 15) is 8.78 Å². The second kappa shape index (κ2) is 6.33. The molecule has 102 valence electrons. The van der Waals surface area contributed by atoms with Crippen molar-refractivity contribution < 1.29 is 13.5 Å². The fourth-order valence-corrected chi connectivity index (χ4v) is 4.01. The maximum Gasteiger partial charge on any atom is 0.387 e. The maximum absolute atomic E-state index is 12.4. The summed E-state index contributed by atoms with van der Waals surface area (Å²) in [5.74, 6) is 0.196. The van der Waals surface area contributed by atoms with Gasteiger partial charge in [0.25, 0.3) is 0 Å². The first-order valence-corrected chi connectivity index (χ1v) is 7.95. The SMILES string of the molecule is Cc1cc(C(Br)c2ccccc2OC(F)F)sc1Br. The minimum Gasteiger partial charge on any atom is -0.434 e. The number of para-hydroxylation sites is 1. The first kappa shape index (κ1) is 14.9. The van der Waals surface area contributed by atoms with E-state index in [-0.39, 0.29) is 10.6 Å². The fourth-order valence-electron chi connectivity index (χ4n) is 1.65. The van der Waals surface area contributed by atoms with Gasteiger partial charge in [-0.25, -0.2) is 0 Å². The Bertz CT molecular complexity index is 552. The van der Waals surface area contributed by atoms with Crippen molar-refractivity contribution in [1.82, 2.24) is 0 Å². The molecule has 0 N–H and O–H groups in total. The molecular formula is C13H10Br2F2OS. The van der Waals surface area contributed by atoms with Gasteiger partial charge in [0, 0.05) is 10.4 Å². The molecule has 0 aliphatic heterocycles. The Morgan fingerprint density at radius 3 is 2.53 bits per heavy atom. The Morgan fingerprint density at radius 1 is 1.26 bits per heavy atom. The van der Waals surface area contributed by atoms with Crippen molar-refractivity contribution in [1.29, 1.82) is 0 Å². The fraction of sp³-hybridized carbons (Fsp3) is 0.231. The van der Waals surface area contributed by atoms with E-state index in [0.29, 0.717) is 5.56 Å². The second-order valence-electron chi connectivity index (χ2n) is 3.88. The number of benzene rings is 1. The highest BCUT2D eigenvalue weighted by molar-refractivity contribution is 9.11. The van der Waals surface area contributed by atoms with E-state index < -0.39 is 6.61 Å². The van der Waals surface area contributed by atoms with Crippen LogP contribution in [0.4, 0.5) is 8.78 Å². The number of ether oxygens (including phenoxy) is 1. The Balaban J connectivity index is 2.35. The van der Waals surface area contributed by atoms with Gasteiger partial charge >= 0.3 is 6.61 Å². The molecule has 1 aromatic heterocycles. The molecule has 1 nitrogen and oxygen atoms in total. The van der Waals surface area contributed by atoms with Crippen LogP contribution in [0.1, 0.15) is 20.8 Å². The van der Waals surface area contributed by atoms with Crippen LogP contribution in [0.5, 0.6) is 5.75 Å². The third-order valence-corrected chi connectivity index (χ3v) is 6.03. The van der Waals surface area contributed by atoms with Gasteiger partial charge in [-0.1, -0.05) is 34.1 Å². The predicted octanol–water partition coefficient (Wildman–Crippen LogP) is 5.90. The van der Waals surface area contributed by atoms with Gasteiger partial charge in [0.05, 0.1) is 8.61 Å². The third-order valence-electron chi connectivity index (χ3n) is 2.53. The van der Waals surface area contributed by atoms with E-state index >= 15 is 0 Å². The largest absolute Gasteiger partial charge is 0.434 e. The van der Waals surface area contributed by atoms with Gasteiger partial charge in [-0.15, -0.1) is 11.3 Å². The van der Waals surface area contributed by atoms with Gasteiger partial charge in [-0.2, -0.15) is 8.78 Å². The molecule has 2 rings (SSSR count). The summed E-state index contributed by atoms with van der Waals surface area (Å²) >= 11 is 8.58. The summed E-state index contributed by atoms with van der Waals surface area (Å²) in [5, 5.41) is 0. The van der Waals surface area contributed by atoms with Crippen molar-refractivity contribution in [3.63, 3.8) is 0 Å². The van der Waals surface area contributed by atoms with Gasteiger partial charge in [0.1, 0.15) is 5.75 Å². The maximum atomic E-state index is 12.4. The van der Waals surface area contributed by atoms with E-state index in [1.54, 1.807) is 35.6 Å². The second-order valence-corrected chi connectivity index (χ2v) is 7.20. The van der Waals surface area contributed by atoms with Crippen molar-refractivity contribution in [3.8, 4) is 5.75 Å². The normalized spacial score (nSPS) is 12.7. The lowest BCUT2D eigenvalue weighted by molar-refractivity contribution is -0.0503. The summed E-state index contributed by atoms with van der Waals surface area (Å²) < 4.78 is 30.4. The van der Waals surface area contributed by atoms with Gasteiger partial charge in [0.15, 0.2) is 0 Å². The average Bonchev–Trinajstić information content (AvgIpc) is 2.69. The number of alkyl halides is 3. The van der Waals surface area contributed by atoms with Crippen LogP contribution >= 0.6 is 43.2 Å². The molecule has 1 aromatic carbocycles. The molecule has 0 saturated heterocycles. The Labute approximate surface area is 130 Å². The van der Waals surface area contributed by atoms with Crippen LogP contribution in [-0.4, -0.2) is 6.61 Å². The molecule has 0 amide bonds. The van der Waals surface area contributed by atoms with E-state index in [1.165, 1.54) is 0 Å². The smallest absolute Gasteiger partial charge is 0.387 e. The number of thiophene rings is 1. The molecule has 0 fully saturated rings. The Kier molecular flexibility index (Phi) is 4.97. The molecule has 0 radical (unpaired) electrons. The van der Waals surface area contributed by atoms with Crippen molar-refractivity contribution in [2.24, 2.45) is 0 Å². The Hall–Kier alpha value is -0.460. The summed E-state index contributed by atoms with van der Waals surface area (Å²) in [5.41, 5.74) is 1.81. The van der Waals surface area contributed by atoms with Crippen molar-refractivity contribution >= 4 is 43.2 Å². The number of rotatable bonds is 4. The summed E-state index contributed by atoms with van der Waals surface area (Å²) in [7, 11) is 0. The molecule has 1 atom stereocenters. The molecule has 2 aromatic rings. The van der Waals surface area contributed by atoms with Crippen LogP contribution in [0, 0.1) is 6.92 Å². The summed E-state index contributed by atoms with van der Waals surface area (Å²) in [6, 6.07) is 8.83. The number of halogens is 4. The van der Waals surface area contributed by atoms with Crippen LogP contribution in [-0.2, 0) is 0 Å². The average molecular weight is 412 g/mol. The standard InChI is InChI=1S/C13H10Br2F2OS/c1-7-6-10(19-12(7)15)11(14)8-4-2-3-5-9(8)18-13(16)17/h2-6,11,13H,1H3. The molecule has 1 heterocycles. The van der Waals surface area contributed by atoms with Crippen molar-refractivity contribution in [2.45, 2.75) is 18.4 Å². The van der Waals surface area contributed by atoms with Crippen LogP contribution in [0.25, 0.3) is 0 Å². The van der Waals surface area contributed by atoms with Gasteiger partial charge < -0.3 is 4.74 Å². The number of hydrogen-bond acceptors (Lipinski definition) is 2. The monoisotopic (exact) mass is 410 g/mol. The van der Waals surface area contributed by atoms with Gasteiger partial charge in [0.2, 0.25) is 0 Å². The Morgan fingerprint density at radius 2 is 1.95 bits per heavy atom. The molecule has 0 aliphatic rings. The summed E-state index contributed by atoms with van der Waals surface area (Å²) in [6.45, 7) is -0.830. The van der Waals surface area contributed by atoms with E-state index in [2.05, 4.69) is 36.6 Å². The highest BCUT2D eigenvalue weighted by Crippen LogP contribution is 2.42. The molecule has 0 bridgehead atoms. The predicted molar refractivity (Wildman–Crippen MR) is 80.6 cm³/mol. The minimum absolute atomic E-state index is 0.169. The van der Waals surface area contributed by atoms with Crippen LogP contribution in [0.2, 0.25) is 0 Å². The highest BCUT2D eigenvalue weighted by atomic mass is 79.9. The molecule has 6 heteroatoms. The first-order valence-electron chi connectivity index (χ1n) is 5.42. The van der Waals surface area contributed by atoms with Crippen molar-refractivity contribution in [3.05, 3.63) is 50.1 Å². The zero-order valence-electron chi connectivity index (χ0n) is 9.87. The lowest BCUT2D eigenvalue weighted by Gasteiger charge is -2.14. The summed E-state index contributed by atoms with van der Waals surface area (Å²) in [4.78, 5) is 0.868. The molecule has 19 heavy (non-hydrogen) atoms. The third kappa shape index (κ3) is 3.55. The number of aryl methyl sites for hydroxylation is 1. The lowest BCUT2D eigenvalue weighted by Crippen LogP contribution is -2.05. The lowest BCUT2D eigenvalue weighted by atomic mass is 10.1. The molecular weight excluding hydrogens is 402 g/mol. The van der Waals surface area contributed by atoms with Gasteiger partial charge in [-0.05, 0) is 40.5 Å². The zero-order chi connectivity index (χ0) is 14.0.